The summed E-state index contributed by atoms with van der Waals surface area (Å²) in [5.41, 5.74) is 8.25. The highest BCUT2D eigenvalue weighted by atomic mass is 19.2. The molecular weight excluding hydrogens is 507 g/mol. The maximum atomic E-state index is 13.4. The predicted molar refractivity (Wildman–Crippen MR) is 142 cm³/mol. The number of aromatic amines is 1. The van der Waals surface area contributed by atoms with Gasteiger partial charge in [0.1, 0.15) is 0 Å². The number of fused-ring (bicyclic) bond motifs is 1. The van der Waals surface area contributed by atoms with Crippen molar-refractivity contribution >= 4 is 28.8 Å². The number of likely N-dealkylation sites (tertiary alicyclic amines) is 1. The molecule has 39 heavy (non-hydrogen) atoms. The molecular formula is C29H32F3N5O2. The highest BCUT2D eigenvalue weighted by Gasteiger charge is 2.34. The van der Waals surface area contributed by atoms with Gasteiger partial charge in [-0.2, -0.15) is 0 Å². The van der Waals surface area contributed by atoms with Crippen LogP contribution in [0.4, 0.5) is 13.2 Å². The highest BCUT2D eigenvalue weighted by Crippen LogP contribution is 2.37. The molecule has 1 aliphatic heterocycles. The number of hydrogen-bond acceptors (Lipinski definition) is 4. The third-order valence-electron chi connectivity index (χ3n) is 8.15. The number of hydrogen-bond donors (Lipinski definition) is 3. The Morgan fingerprint density at radius 1 is 1.08 bits per heavy atom. The molecule has 5 rings (SSSR count). The Labute approximate surface area is 224 Å². The van der Waals surface area contributed by atoms with Gasteiger partial charge in [0.15, 0.2) is 17.5 Å². The van der Waals surface area contributed by atoms with Crippen molar-refractivity contribution in [3.63, 3.8) is 0 Å². The average Bonchev–Trinajstić information content (AvgIpc) is 3.38. The van der Waals surface area contributed by atoms with E-state index in [0.717, 1.165) is 48.7 Å². The van der Waals surface area contributed by atoms with Gasteiger partial charge in [0.05, 0.1) is 6.04 Å². The summed E-state index contributed by atoms with van der Waals surface area (Å²) in [6.07, 6.45) is 13.4. The SMILES string of the molecule is NC(=O)[C@H](NC1CCC(c2c[nH]c3ccncc23)CC1)C1CCN(C(=O)/C=C/c2cc(F)c(F)c(F)c2)CC1. The zero-order chi connectivity index (χ0) is 27.5. The number of H-pyrrole nitrogens is 1. The monoisotopic (exact) mass is 539 g/mol. The second-order valence-electron chi connectivity index (χ2n) is 10.6. The minimum atomic E-state index is -1.54. The molecule has 0 unspecified atom stereocenters. The van der Waals surface area contributed by atoms with Crippen LogP contribution in [0.25, 0.3) is 17.0 Å². The maximum Gasteiger partial charge on any atom is 0.246 e. The minimum absolute atomic E-state index is 0.00763. The number of nitrogens with one attached hydrogen (secondary N) is 2. The Hall–Kier alpha value is -3.66. The molecule has 7 nitrogen and oxygen atoms in total. The van der Waals surface area contributed by atoms with E-state index in [9.17, 15) is 22.8 Å². The van der Waals surface area contributed by atoms with E-state index in [-0.39, 0.29) is 29.3 Å². The van der Waals surface area contributed by atoms with Crippen LogP contribution in [0.2, 0.25) is 0 Å². The number of nitrogens with zero attached hydrogens (tertiary/aromatic N) is 2. The van der Waals surface area contributed by atoms with Gasteiger partial charge >= 0.3 is 0 Å². The molecule has 2 fully saturated rings. The summed E-state index contributed by atoms with van der Waals surface area (Å²) in [4.78, 5) is 34.2. The molecule has 1 aromatic carbocycles. The van der Waals surface area contributed by atoms with Crippen LogP contribution < -0.4 is 11.1 Å². The number of pyridine rings is 1. The number of carbonyl (C=O) groups excluding carboxylic acids is 2. The van der Waals surface area contributed by atoms with Crippen molar-refractivity contribution in [2.24, 2.45) is 11.7 Å². The molecule has 0 spiro atoms. The van der Waals surface area contributed by atoms with Crippen LogP contribution >= 0.6 is 0 Å². The van der Waals surface area contributed by atoms with Gasteiger partial charge in [0.2, 0.25) is 11.8 Å². The van der Waals surface area contributed by atoms with Crippen molar-refractivity contribution in [2.45, 2.75) is 56.5 Å². The lowest BCUT2D eigenvalue weighted by atomic mass is 9.80. The Bertz CT molecular complexity index is 1350. The molecule has 3 aromatic rings. The number of primary amides is 1. The van der Waals surface area contributed by atoms with Gasteiger partial charge in [0.25, 0.3) is 0 Å². The van der Waals surface area contributed by atoms with Gasteiger partial charge in [-0.25, -0.2) is 13.2 Å². The predicted octanol–water partition coefficient (Wildman–Crippen LogP) is 4.40. The Morgan fingerprint density at radius 3 is 2.44 bits per heavy atom. The first-order valence-corrected chi connectivity index (χ1v) is 13.4. The normalized spacial score (nSPS) is 21.5. The van der Waals surface area contributed by atoms with Crippen molar-refractivity contribution in [3.05, 3.63) is 71.4 Å². The van der Waals surface area contributed by atoms with Gasteiger partial charge in [-0.3, -0.25) is 14.6 Å². The van der Waals surface area contributed by atoms with Crippen LogP contribution in [-0.4, -0.2) is 51.9 Å². The third-order valence-corrected chi connectivity index (χ3v) is 8.15. The van der Waals surface area contributed by atoms with E-state index in [1.165, 1.54) is 17.7 Å². The lowest BCUT2D eigenvalue weighted by Gasteiger charge is -2.38. The Kier molecular flexibility index (Phi) is 8.02. The first-order valence-electron chi connectivity index (χ1n) is 13.4. The number of halogens is 3. The average molecular weight is 540 g/mol. The zero-order valence-corrected chi connectivity index (χ0v) is 21.5. The number of piperidine rings is 1. The van der Waals surface area contributed by atoms with Gasteiger partial charge < -0.3 is 20.9 Å². The van der Waals surface area contributed by atoms with Crippen molar-refractivity contribution in [3.8, 4) is 0 Å². The summed E-state index contributed by atoms with van der Waals surface area (Å²) in [6.45, 7) is 0.875. The van der Waals surface area contributed by atoms with Gasteiger partial charge in [-0.05, 0) is 85.8 Å². The number of carbonyl (C=O) groups is 2. The maximum absolute atomic E-state index is 13.4. The van der Waals surface area contributed by atoms with E-state index in [4.69, 9.17) is 5.73 Å². The van der Waals surface area contributed by atoms with E-state index < -0.39 is 23.5 Å². The second kappa shape index (κ2) is 11.6. The second-order valence-corrected chi connectivity index (χ2v) is 10.6. The molecule has 1 saturated carbocycles. The quantitative estimate of drug-likeness (QED) is 0.306. The number of aromatic nitrogens is 2. The molecule has 206 valence electrons. The topological polar surface area (TPSA) is 104 Å². The molecule has 2 aromatic heterocycles. The highest BCUT2D eigenvalue weighted by molar-refractivity contribution is 5.92. The number of amides is 2. The van der Waals surface area contributed by atoms with Crippen molar-refractivity contribution in [1.82, 2.24) is 20.2 Å². The third kappa shape index (κ3) is 6.00. The summed E-state index contributed by atoms with van der Waals surface area (Å²) < 4.78 is 40.0. The fraction of sp³-hybridized carbons (Fsp3) is 0.414. The largest absolute Gasteiger partial charge is 0.368 e. The summed E-state index contributed by atoms with van der Waals surface area (Å²) in [6, 6.07) is 3.38. The summed E-state index contributed by atoms with van der Waals surface area (Å²) in [5, 5.41) is 4.68. The van der Waals surface area contributed by atoms with E-state index in [0.29, 0.717) is 31.8 Å². The van der Waals surface area contributed by atoms with Crippen LogP contribution in [0, 0.1) is 23.4 Å². The van der Waals surface area contributed by atoms with Crippen molar-refractivity contribution < 1.29 is 22.8 Å². The van der Waals surface area contributed by atoms with Crippen LogP contribution in [0.15, 0.2) is 42.9 Å². The lowest BCUT2D eigenvalue weighted by Crippen LogP contribution is -2.54. The fourth-order valence-corrected chi connectivity index (χ4v) is 5.99. The standard InChI is InChI=1S/C29H32F3N5O2/c30-23-13-17(14-24(31)27(23)32)1-6-26(38)37-11-8-19(9-12-37)28(29(33)39)36-20-4-2-18(3-5-20)21-16-35-25-7-10-34-15-22(21)25/h1,6-7,10,13-16,18-20,28,35-36H,2-5,8-9,11-12H2,(H2,33,39)/b6-1+/t18?,20?,28-/m1/s1. The van der Waals surface area contributed by atoms with E-state index >= 15 is 0 Å². The number of nitrogens with two attached hydrogens (primary N) is 1. The molecule has 1 aliphatic carbocycles. The van der Waals surface area contributed by atoms with Crippen LogP contribution in [-0.2, 0) is 9.59 Å². The molecule has 4 N–H and O–H groups in total. The first-order chi connectivity index (χ1) is 18.8. The number of rotatable bonds is 7. The zero-order valence-electron chi connectivity index (χ0n) is 21.5. The van der Waals surface area contributed by atoms with E-state index in [1.807, 2.05) is 12.3 Å². The van der Waals surface area contributed by atoms with Crippen LogP contribution in [0.5, 0.6) is 0 Å². The first kappa shape index (κ1) is 26.9. The summed E-state index contributed by atoms with van der Waals surface area (Å²) >= 11 is 0. The molecule has 0 radical (unpaired) electrons. The van der Waals surface area contributed by atoms with Gasteiger partial charge in [-0.15, -0.1) is 0 Å². The van der Waals surface area contributed by atoms with Crippen molar-refractivity contribution in [1.29, 1.82) is 0 Å². The summed E-state index contributed by atoms with van der Waals surface area (Å²) in [7, 11) is 0. The number of benzene rings is 1. The van der Waals surface area contributed by atoms with Crippen LogP contribution in [0.1, 0.15) is 55.6 Å². The molecule has 3 heterocycles. The molecule has 1 saturated heterocycles. The Morgan fingerprint density at radius 2 is 1.77 bits per heavy atom. The summed E-state index contributed by atoms with van der Waals surface area (Å²) in [5.74, 6) is -4.41. The smallest absolute Gasteiger partial charge is 0.246 e. The fourth-order valence-electron chi connectivity index (χ4n) is 5.99. The molecule has 2 amide bonds. The molecule has 1 atom stereocenters. The molecule has 0 bridgehead atoms. The molecule has 10 heteroatoms. The van der Waals surface area contributed by atoms with Gasteiger partial charge in [0, 0.05) is 54.7 Å². The van der Waals surface area contributed by atoms with Gasteiger partial charge in [-0.1, -0.05) is 0 Å². The Balaban J connectivity index is 1.13. The minimum Gasteiger partial charge on any atom is -0.368 e. The van der Waals surface area contributed by atoms with Crippen LogP contribution in [0.3, 0.4) is 0 Å². The lowest BCUT2D eigenvalue weighted by molar-refractivity contribution is -0.128. The van der Waals surface area contributed by atoms with E-state index in [2.05, 4.69) is 21.5 Å². The van der Waals surface area contributed by atoms with E-state index in [1.54, 1.807) is 11.1 Å². The molecule has 2 aliphatic rings. The van der Waals surface area contributed by atoms with Crippen molar-refractivity contribution in [2.75, 3.05) is 13.1 Å².